The van der Waals surface area contributed by atoms with Gasteiger partial charge in [-0.2, -0.15) is 0 Å². The molecule has 6 heteroatoms. The average molecular weight is 310 g/mol. The zero-order valence-corrected chi connectivity index (χ0v) is 11.3. The third-order valence-electron chi connectivity index (χ3n) is 3.54. The maximum Gasteiger partial charge on any atom is 0.288 e. The molecule has 5 nitrogen and oxygen atoms in total. The number of fused-ring (bicyclic) bond motifs is 1. The lowest BCUT2D eigenvalue weighted by Gasteiger charge is -2.11. The minimum Gasteiger partial charge on any atom is -0.328 e. The molecular formula is C12H12BrN3O2. The van der Waals surface area contributed by atoms with Gasteiger partial charge in [-0.05, 0) is 28.8 Å². The van der Waals surface area contributed by atoms with E-state index in [0.717, 1.165) is 28.3 Å². The molecule has 1 aliphatic rings. The van der Waals surface area contributed by atoms with Crippen LogP contribution in [0.5, 0.6) is 0 Å². The summed E-state index contributed by atoms with van der Waals surface area (Å²) in [6.07, 6.45) is 8.14. The number of aromatic nitrogens is 2. The van der Waals surface area contributed by atoms with Gasteiger partial charge in [-0.25, -0.2) is 4.98 Å². The van der Waals surface area contributed by atoms with Gasteiger partial charge in [0.1, 0.15) is 11.8 Å². The van der Waals surface area contributed by atoms with Crippen molar-refractivity contribution in [2.24, 2.45) is 0 Å². The van der Waals surface area contributed by atoms with Crippen LogP contribution in [0, 0.1) is 10.1 Å². The van der Waals surface area contributed by atoms with E-state index in [9.17, 15) is 10.1 Å². The molecule has 0 radical (unpaired) electrons. The molecule has 2 heterocycles. The highest BCUT2D eigenvalue weighted by Crippen LogP contribution is 2.36. The summed E-state index contributed by atoms with van der Waals surface area (Å²) in [6, 6.07) is 2.06. The van der Waals surface area contributed by atoms with E-state index in [2.05, 4.69) is 25.5 Å². The highest BCUT2D eigenvalue weighted by Gasteiger charge is 2.21. The third-order valence-corrected chi connectivity index (χ3v) is 4.17. The molecule has 0 unspecified atom stereocenters. The Balaban J connectivity index is 2.14. The van der Waals surface area contributed by atoms with Crippen molar-refractivity contribution in [2.75, 3.05) is 0 Å². The number of rotatable bonds is 2. The van der Waals surface area contributed by atoms with E-state index in [-0.39, 0.29) is 5.69 Å². The van der Waals surface area contributed by atoms with E-state index >= 15 is 0 Å². The zero-order valence-electron chi connectivity index (χ0n) is 9.67. The lowest BCUT2D eigenvalue weighted by atomic mass is 10.2. The van der Waals surface area contributed by atoms with Crippen LogP contribution in [-0.4, -0.2) is 14.5 Å². The quantitative estimate of drug-likeness (QED) is 0.626. The Morgan fingerprint density at radius 2 is 2.17 bits per heavy atom. The topological polar surface area (TPSA) is 61.0 Å². The van der Waals surface area contributed by atoms with Gasteiger partial charge < -0.3 is 4.57 Å². The van der Waals surface area contributed by atoms with Gasteiger partial charge in [-0.1, -0.05) is 12.8 Å². The van der Waals surface area contributed by atoms with Crippen molar-refractivity contribution in [3.05, 3.63) is 33.0 Å². The van der Waals surface area contributed by atoms with Crippen LogP contribution in [0.1, 0.15) is 31.7 Å². The first kappa shape index (κ1) is 11.6. The first-order valence-corrected chi connectivity index (χ1v) is 6.76. The van der Waals surface area contributed by atoms with Crippen LogP contribution < -0.4 is 0 Å². The van der Waals surface area contributed by atoms with E-state index in [4.69, 9.17) is 0 Å². The Morgan fingerprint density at radius 1 is 1.44 bits per heavy atom. The number of hydrogen-bond acceptors (Lipinski definition) is 3. The Kier molecular flexibility index (Phi) is 2.81. The lowest BCUT2D eigenvalue weighted by molar-refractivity contribution is -0.385. The molecule has 0 aliphatic heterocycles. The van der Waals surface area contributed by atoms with Crippen LogP contribution in [0.3, 0.4) is 0 Å². The van der Waals surface area contributed by atoms with Gasteiger partial charge in [0.2, 0.25) is 0 Å². The number of pyridine rings is 1. The van der Waals surface area contributed by atoms with Crippen molar-refractivity contribution < 1.29 is 4.92 Å². The molecule has 0 N–H and O–H groups in total. The molecule has 0 atom stereocenters. The molecule has 18 heavy (non-hydrogen) atoms. The molecule has 0 saturated heterocycles. The Labute approximate surface area is 112 Å². The maximum atomic E-state index is 10.8. The summed E-state index contributed by atoms with van der Waals surface area (Å²) in [6.45, 7) is 0. The third kappa shape index (κ3) is 1.80. The van der Waals surface area contributed by atoms with Gasteiger partial charge in [0.25, 0.3) is 5.69 Å². The van der Waals surface area contributed by atoms with Crippen LogP contribution >= 0.6 is 15.9 Å². The van der Waals surface area contributed by atoms with E-state index in [0.29, 0.717) is 6.04 Å². The van der Waals surface area contributed by atoms with E-state index < -0.39 is 4.92 Å². The second-order valence-corrected chi connectivity index (χ2v) is 5.50. The summed E-state index contributed by atoms with van der Waals surface area (Å²) in [5.41, 5.74) is 0.867. The van der Waals surface area contributed by atoms with E-state index in [1.54, 1.807) is 6.07 Å². The summed E-state index contributed by atoms with van der Waals surface area (Å²) < 4.78 is 3.02. The van der Waals surface area contributed by atoms with E-state index in [1.165, 1.54) is 19.0 Å². The van der Waals surface area contributed by atoms with Crippen molar-refractivity contribution in [3.63, 3.8) is 0 Å². The van der Waals surface area contributed by atoms with Crippen molar-refractivity contribution >= 4 is 32.7 Å². The summed E-state index contributed by atoms with van der Waals surface area (Å²) in [5.74, 6) is 0. The van der Waals surface area contributed by atoms with Crippen molar-refractivity contribution in [1.29, 1.82) is 0 Å². The largest absolute Gasteiger partial charge is 0.328 e. The van der Waals surface area contributed by atoms with Gasteiger partial charge in [-0.3, -0.25) is 10.1 Å². The smallest absolute Gasteiger partial charge is 0.288 e. The molecule has 94 valence electrons. The van der Waals surface area contributed by atoms with Crippen molar-refractivity contribution in [3.8, 4) is 0 Å². The zero-order chi connectivity index (χ0) is 12.7. The maximum absolute atomic E-state index is 10.8. The summed E-state index contributed by atoms with van der Waals surface area (Å²) in [4.78, 5) is 14.6. The summed E-state index contributed by atoms with van der Waals surface area (Å²) in [5, 5.41) is 11.6. The Bertz CT molecular complexity index is 617. The first-order valence-electron chi connectivity index (χ1n) is 5.97. The monoisotopic (exact) mass is 309 g/mol. The van der Waals surface area contributed by atoms with Crippen molar-refractivity contribution in [2.45, 2.75) is 31.7 Å². The fourth-order valence-corrected chi connectivity index (χ4v) is 3.15. The molecule has 2 aromatic rings. The normalized spacial score (nSPS) is 16.5. The molecule has 1 aliphatic carbocycles. The number of nitrogens with zero attached hydrogens (tertiary/aromatic N) is 3. The van der Waals surface area contributed by atoms with Crippen LogP contribution in [0.25, 0.3) is 11.0 Å². The van der Waals surface area contributed by atoms with Gasteiger partial charge in [0.15, 0.2) is 0 Å². The van der Waals surface area contributed by atoms with Gasteiger partial charge in [0.05, 0.1) is 4.92 Å². The summed E-state index contributed by atoms with van der Waals surface area (Å²) >= 11 is 3.46. The molecule has 0 bridgehead atoms. The molecule has 1 fully saturated rings. The van der Waals surface area contributed by atoms with Gasteiger partial charge >= 0.3 is 0 Å². The molecular weight excluding hydrogens is 298 g/mol. The highest BCUT2D eigenvalue weighted by atomic mass is 79.9. The van der Waals surface area contributed by atoms with Crippen molar-refractivity contribution in [1.82, 2.24) is 9.55 Å². The second-order valence-electron chi connectivity index (χ2n) is 4.64. The van der Waals surface area contributed by atoms with Gasteiger partial charge in [0, 0.05) is 28.2 Å². The number of halogens is 1. The van der Waals surface area contributed by atoms with Crippen LogP contribution in [0.15, 0.2) is 22.9 Å². The first-order chi connectivity index (χ1) is 8.66. The molecule has 1 saturated carbocycles. The molecule has 0 aromatic carbocycles. The predicted molar refractivity (Wildman–Crippen MR) is 71.6 cm³/mol. The fraction of sp³-hybridized carbons (Fsp3) is 0.417. The molecule has 0 amide bonds. The minimum absolute atomic E-state index is 0.0346. The number of nitro groups is 1. The van der Waals surface area contributed by atoms with E-state index in [1.807, 2.05) is 6.20 Å². The highest BCUT2D eigenvalue weighted by molar-refractivity contribution is 9.10. The SMILES string of the molecule is O=[N+]([O-])c1cnc2c(c1)c(Br)cn2C1CCCC1. The lowest BCUT2D eigenvalue weighted by Crippen LogP contribution is -2.03. The fourth-order valence-electron chi connectivity index (χ4n) is 2.64. The van der Waals surface area contributed by atoms with Gasteiger partial charge in [-0.15, -0.1) is 0 Å². The summed E-state index contributed by atoms with van der Waals surface area (Å²) in [7, 11) is 0. The average Bonchev–Trinajstić information content (AvgIpc) is 2.97. The standard InChI is InChI=1S/C12H12BrN3O2/c13-11-7-15(8-3-1-2-4-8)12-10(11)5-9(6-14-12)16(17)18/h5-8H,1-4H2. The minimum atomic E-state index is -0.411. The van der Waals surface area contributed by atoms with Crippen LogP contribution in [-0.2, 0) is 0 Å². The van der Waals surface area contributed by atoms with Crippen LogP contribution in [0.2, 0.25) is 0 Å². The molecule has 3 rings (SSSR count). The Morgan fingerprint density at radius 3 is 2.83 bits per heavy atom. The molecule has 2 aromatic heterocycles. The Hall–Kier alpha value is -1.43. The second kappa shape index (κ2) is 4.35. The number of hydrogen-bond donors (Lipinski definition) is 0. The molecule has 0 spiro atoms. The van der Waals surface area contributed by atoms with Crippen LogP contribution in [0.4, 0.5) is 5.69 Å². The predicted octanol–water partition coefficient (Wildman–Crippen LogP) is 3.82.